The summed E-state index contributed by atoms with van der Waals surface area (Å²) in [6, 6.07) is 58.2. The fourth-order valence-corrected chi connectivity index (χ4v) is 13.1. The van der Waals surface area contributed by atoms with Gasteiger partial charge in [-0.25, -0.2) is 19.2 Å². The van der Waals surface area contributed by atoms with Gasteiger partial charge in [0.2, 0.25) is 0 Å². The van der Waals surface area contributed by atoms with Gasteiger partial charge in [0.05, 0.1) is 25.2 Å². The smallest absolute Gasteiger partial charge is 0.410 e. The Hall–Kier alpha value is -8.73. The van der Waals surface area contributed by atoms with Crippen LogP contribution in [-0.4, -0.2) is 170 Å². The van der Waals surface area contributed by atoms with Crippen molar-refractivity contribution in [3.05, 3.63) is 204 Å². The molecule has 0 radical (unpaired) electrons. The van der Waals surface area contributed by atoms with E-state index >= 15 is 0 Å². The van der Waals surface area contributed by atoms with Crippen LogP contribution in [-0.2, 0) is 64.2 Å². The minimum Gasteiger partial charge on any atom is -0.480 e. The number of carbonyl (C=O) groups excluding carboxylic acids is 6. The number of carboxylic acid groups (broad SMARTS) is 1. The molecule has 88 heavy (non-hydrogen) atoms. The molecule has 20 nitrogen and oxygen atoms in total. The maximum absolute atomic E-state index is 12.4. The molecule has 474 valence electrons. The third-order valence-electron chi connectivity index (χ3n) is 12.9. The number of carboxylic acids is 1. The molecule has 0 saturated carbocycles. The van der Waals surface area contributed by atoms with Crippen molar-refractivity contribution in [2.24, 2.45) is 0 Å². The molecule has 0 aliphatic rings. The normalized spacial score (nSPS) is 11.4. The molecule has 2 unspecified atom stereocenters. The first-order valence-electron chi connectivity index (χ1n) is 28.6. The summed E-state index contributed by atoms with van der Waals surface area (Å²) in [5.41, 5.74) is 3.57. The zero-order valence-corrected chi connectivity index (χ0v) is 52.6. The number of benzene rings is 6. The van der Waals surface area contributed by atoms with Crippen molar-refractivity contribution < 1.29 is 77.4 Å². The largest absolute Gasteiger partial charge is 0.480 e. The monoisotopic (exact) mass is 1230 g/mol. The van der Waals surface area contributed by atoms with Crippen molar-refractivity contribution in [3.63, 3.8) is 0 Å². The second-order valence-electron chi connectivity index (χ2n) is 21.6. The van der Waals surface area contributed by atoms with Crippen LogP contribution in [0.5, 0.6) is 0 Å². The van der Waals surface area contributed by atoms with Crippen LogP contribution >= 0.6 is 0 Å². The lowest BCUT2D eigenvalue weighted by Gasteiger charge is -2.43. The highest BCUT2D eigenvalue weighted by atomic mass is 28.4. The molecule has 6 aromatic rings. The maximum Gasteiger partial charge on any atom is 0.410 e. The molecule has 4 N–H and O–H groups in total. The van der Waals surface area contributed by atoms with Gasteiger partial charge in [-0.15, -0.1) is 0 Å². The summed E-state index contributed by atoms with van der Waals surface area (Å²) < 4.78 is 27.2. The van der Waals surface area contributed by atoms with Crippen LogP contribution in [0, 0.1) is 0 Å². The summed E-state index contributed by atoms with van der Waals surface area (Å²) in [7, 11) is 3.38. The Bertz CT molecular complexity index is 2940. The minimum atomic E-state index is -2.64. The molecular weight excluding hydrogens is 1140 g/mol. The van der Waals surface area contributed by atoms with Crippen molar-refractivity contribution >= 4 is 60.6 Å². The third-order valence-corrected chi connectivity index (χ3v) is 18.0. The summed E-state index contributed by atoms with van der Waals surface area (Å²) in [4.78, 5) is 84.2. The Labute approximate surface area is 517 Å². The Morgan fingerprint density at radius 1 is 0.455 bits per heavy atom. The minimum absolute atomic E-state index is 0.103. The first kappa shape index (κ1) is 73.5. The summed E-state index contributed by atoms with van der Waals surface area (Å²) in [5.74, 6) is -1.58. The zero-order valence-electron chi connectivity index (χ0n) is 51.6. The lowest BCUT2D eigenvalue weighted by atomic mass is 10.2. The molecule has 0 aliphatic carbocycles. The number of likely N-dealkylation sites (N-methyl/N-ethyl adjacent to an activating group) is 4. The van der Waals surface area contributed by atoms with E-state index in [9.17, 15) is 43.8 Å². The standard InChI is InChI=1S/C29H37NO4Si.C14H17NO4.C13H19NO4.C11H13NO4/c1-29(2,3)35(26-16-10-6-11-17-26,27-18-12-7-13-19-27)34-21-20-25(31)22-30(4)28(32)33-23-24-14-8-5-9-15-24;1-11(16)8-13(17)9-15(2)14(18)19-10-12-6-4-3-5-7-12;1-14(9-12(16)7-8-15)13(17)18-10-11-5-3-2-4-6-11;1-12(7-10(13)14)11(15)16-8-9-5-3-2-4-6-9/h5-19,25,31H,20-23H2,1-4H3;3-7H,8-10H2,1-2H3;2-6,12,15-16H,7-10H2,1H3;2-6H,7-8H2,1H3,(H,13,14). The summed E-state index contributed by atoms with van der Waals surface area (Å²) >= 11 is 0. The van der Waals surface area contributed by atoms with Crippen molar-refractivity contribution in [1.29, 1.82) is 0 Å². The molecule has 0 heterocycles. The highest BCUT2D eigenvalue weighted by Crippen LogP contribution is 2.37. The first-order chi connectivity index (χ1) is 41.9. The molecule has 6 rings (SSSR count). The van der Waals surface area contributed by atoms with Crippen molar-refractivity contribution in [1.82, 2.24) is 19.6 Å². The number of Topliss-reactive ketones (excluding diaryl/α,β-unsaturated/α-hetero) is 2. The topological polar surface area (TPSA) is 260 Å². The fourth-order valence-electron chi connectivity index (χ4n) is 8.47. The number of hydrogen-bond donors (Lipinski definition) is 4. The van der Waals surface area contributed by atoms with Gasteiger partial charge in [0.15, 0.2) is 5.78 Å². The quantitative estimate of drug-likeness (QED) is 0.0225. The molecule has 0 saturated heterocycles. The Morgan fingerprint density at radius 3 is 1.05 bits per heavy atom. The summed E-state index contributed by atoms with van der Waals surface area (Å²) in [6.07, 6.45) is -3.12. The SMILES string of the molecule is CC(=O)CC(=O)CN(C)C(=O)OCc1ccccc1.CN(CC(=O)O)C(=O)OCc1ccccc1.CN(CC(O)CCO)C(=O)OCc1ccccc1.CN(CC(O)CCO[Si](c1ccccc1)(c1ccccc1)C(C)(C)C)C(=O)OCc1ccccc1. The van der Waals surface area contributed by atoms with Gasteiger partial charge in [-0.2, -0.15) is 0 Å². The summed E-state index contributed by atoms with van der Waals surface area (Å²) in [5, 5.41) is 39.5. The third kappa shape index (κ3) is 28.2. The van der Waals surface area contributed by atoms with Crippen LogP contribution in [0.25, 0.3) is 0 Å². The van der Waals surface area contributed by atoms with Gasteiger partial charge in [-0.05, 0) is 57.4 Å². The van der Waals surface area contributed by atoms with Crippen LogP contribution in [0.3, 0.4) is 0 Å². The lowest BCUT2D eigenvalue weighted by Crippen LogP contribution is -2.66. The number of amides is 4. The Balaban J connectivity index is 0.000000327. The number of rotatable bonds is 26. The van der Waals surface area contributed by atoms with Crippen molar-refractivity contribution in [3.8, 4) is 0 Å². The Morgan fingerprint density at radius 2 is 0.750 bits per heavy atom. The molecule has 0 spiro atoms. The zero-order chi connectivity index (χ0) is 64.9. The number of carbonyl (C=O) groups is 7. The van der Waals surface area contributed by atoms with E-state index in [2.05, 4.69) is 69.3 Å². The molecule has 0 fully saturated rings. The van der Waals surface area contributed by atoms with Crippen LogP contribution in [0.2, 0.25) is 5.04 Å². The number of aliphatic hydroxyl groups is 3. The van der Waals surface area contributed by atoms with Crippen molar-refractivity contribution in [2.45, 2.75) is 90.6 Å². The molecule has 21 heteroatoms. The van der Waals surface area contributed by atoms with Crippen LogP contribution in [0.15, 0.2) is 182 Å². The molecule has 0 bridgehead atoms. The molecule has 0 aromatic heterocycles. The van der Waals surface area contributed by atoms with Crippen molar-refractivity contribution in [2.75, 3.05) is 67.6 Å². The van der Waals surface area contributed by atoms with E-state index in [1.54, 1.807) is 14.1 Å². The number of ether oxygens (including phenoxy) is 4. The average Bonchev–Trinajstić information content (AvgIpc) is 2.38. The highest BCUT2D eigenvalue weighted by molar-refractivity contribution is 6.99. The van der Waals surface area contributed by atoms with Gasteiger partial charge in [-0.1, -0.05) is 203 Å². The van der Waals surface area contributed by atoms with E-state index in [1.165, 1.54) is 41.2 Å². The van der Waals surface area contributed by atoms with Gasteiger partial charge in [0, 0.05) is 54.5 Å². The summed E-state index contributed by atoms with van der Waals surface area (Å²) in [6.45, 7) is 8.87. The number of hydrogen-bond acceptors (Lipinski definition) is 15. The average molecular weight is 1230 g/mol. The van der Waals surface area contributed by atoms with Gasteiger partial charge in [-0.3, -0.25) is 14.4 Å². The molecule has 6 aromatic carbocycles. The van der Waals surface area contributed by atoms with Crippen LogP contribution in [0.4, 0.5) is 19.2 Å². The molecule has 0 aliphatic heterocycles. The second-order valence-corrected chi connectivity index (χ2v) is 25.9. The fraction of sp³-hybridized carbons (Fsp3) is 0.358. The van der Waals surface area contributed by atoms with E-state index < -0.39 is 50.9 Å². The predicted molar refractivity (Wildman–Crippen MR) is 337 cm³/mol. The van der Waals surface area contributed by atoms with E-state index in [1.807, 2.05) is 133 Å². The lowest BCUT2D eigenvalue weighted by molar-refractivity contribution is -0.137. The van der Waals surface area contributed by atoms with E-state index in [-0.39, 0.29) is 88.7 Å². The molecular formula is C67H86N4O16Si. The predicted octanol–water partition coefficient (Wildman–Crippen LogP) is 8.72. The number of nitrogens with zero attached hydrogens (tertiary/aromatic N) is 4. The maximum atomic E-state index is 12.4. The first-order valence-corrected chi connectivity index (χ1v) is 30.5. The van der Waals surface area contributed by atoms with Gasteiger partial charge >= 0.3 is 30.3 Å². The van der Waals surface area contributed by atoms with E-state index in [0.717, 1.165) is 32.1 Å². The number of aliphatic carboxylic acids is 1. The molecule has 2 atom stereocenters. The highest BCUT2D eigenvalue weighted by Gasteiger charge is 2.50. The Kier molecular flexibility index (Phi) is 33.3. The second kappa shape index (κ2) is 39.9. The molecule has 4 amide bonds. The van der Waals surface area contributed by atoms with Gasteiger partial charge < -0.3 is 63.4 Å². The van der Waals surface area contributed by atoms with E-state index in [0.29, 0.717) is 13.0 Å². The van der Waals surface area contributed by atoms with Gasteiger partial charge in [0.25, 0.3) is 8.32 Å². The van der Waals surface area contributed by atoms with E-state index in [4.69, 9.17) is 33.6 Å². The van der Waals surface area contributed by atoms with Crippen LogP contribution in [0.1, 0.15) is 69.2 Å². The number of aliphatic hydroxyl groups excluding tert-OH is 3. The number of ketones is 2. The van der Waals surface area contributed by atoms with Gasteiger partial charge in [0.1, 0.15) is 38.8 Å². The van der Waals surface area contributed by atoms with Crippen LogP contribution < -0.4 is 10.4 Å².